The van der Waals surface area contributed by atoms with Crippen molar-refractivity contribution < 1.29 is 14.3 Å². The van der Waals surface area contributed by atoms with Gasteiger partial charge in [0.1, 0.15) is 5.76 Å². The van der Waals surface area contributed by atoms with Gasteiger partial charge < -0.3 is 9.47 Å². The SMILES string of the molecule is COC(=O)C1=C(OC)c2ccccc2C1/C=C/c1ccccc1. The molecule has 1 atom stereocenters. The maximum absolute atomic E-state index is 12.3. The minimum absolute atomic E-state index is 0.172. The van der Waals surface area contributed by atoms with Gasteiger partial charge >= 0.3 is 5.97 Å². The van der Waals surface area contributed by atoms with Crippen molar-refractivity contribution in [3.63, 3.8) is 0 Å². The molecule has 2 aromatic rings. The number of allylic oxidation sites excluding steroid dienone is 1. The van der Waals surface area contributed by atoms with E-state index in [2.05, 4.69) is 0 Å². The van der Waals surface area contributed by atoms with Crippen molar-refractivity contribution in [1.82, 2.24) is 0 Å². The second-order valence-electron chi connectivity index (χ2n) is 5.27. The summed E-state index contributed by atoms with van der Waals surface area (Å²) >= 11 is 0. The molecule has 116 valence electrons. The van der Waals surface area contributed by atoms with Gasteiger partial charge in [-0.15, -0.1) is 0 Å². The summed E-state index contributed by atoms with van der Waals surface area (Å²) in [6.45, 7) is 0. The number of benzene rings is 2. The minimum atomic E-state index is -0.360. The van der Waals surface area contributed by atoms with E-state index >= 15 is 0 Å². The van der Waals surface area contributed by atoms with Crippen molar-refractivity contribution in [2.24, 2.45) is 0 Å². The molecular formula is C20H18O3. The van der Waals surface area contributed by atoms with E-state index in [9.17, 15) is 4.79 Å². The van der Waals surface area contributed by atoms with Crippen molar-refractivity contribution in [1.29, 1.82) is 0 Å². The Morgan fingerprint density at radius 3 is 2.39 bits per heavy atom. The Bertz CT molecular complexity index is 772. The zero-order valence-electron chi connectivity index (χ0n) is 13.2. The Balaban J connectivity index is 2.07. The fourth-order valence-corrected chi connectivity index (χ4v) is 2.94. The fourth-order valence-electron chi connectivity index (χ4n) is 2.94. The monoisotopic (exact) mass is 306 g/mol. The van der Waals surface area contributed by atoms with Gasteiger partial charge in [-0.1, -0.05) is 66.7 Å². The number of esters is 1. The van der Waals surface area contributed by atoms with E-state index in [0.29, 0.717) is 11.3 Å². The normalized spacial score (nSPS) is 16.5. The standard InChI is InChI=1S/C20H18O3/c1-22-19-17-11-7-6-10-15(17)16(18(19)20(21)23-2)13-12-14-8-4-3-5-9-14/h3-13,16H,1-2H3/b13-12+. The zero-order chi connectivity index (χ0) is 16.2. The van der Waals surface area contributed by atoms with E-state index in [4.69, 9.17) is 9.47 Å². The van der Waals surface area contributed by atoms with Crippen LogP contribution in [0.15, 0.2) is 66.2 Å². The molecule has 0 radical (unpaired) electrons. The van der Waals surface area contributed by atoms with Crippen LogP contribution in [0.1, 0.15) is 22.6 Å². The Morgan fingerprint density at radius 2 is 1.70 bits per heavy atom. The number of hydrogen-bond acceptors (Lipinski definition) is 3. The molecule has 3 nitrogen and oxygen atoms in total. The molecule has 0 N–H and O–H groups in total. The topological polar surface area (TPSA) is 35.5 Å². The highest BCUT2D eigenvalue weighted by molar-refractivity contribution is 6.01. The molecule has 0 fully saturated rings. The summed E-state index contributed by atoms with van der Waals surface area (Å²) in [6, 6.07) is 17.9. The third-order valence-electron chi connectivity index (χ3n) is 3.99. The van der Waals surface area contributed by atoms with Gasteiger partial charge in [-0.2, -0.15) is 0 Å². The molecule has 2 aromatic carbocycles. The summed E-state index contributed by atoms with van der Waals surface area (Å²) < 4.78 is 10.5. The van der Waals surface area contributed by atoms with E-state index in [1.807, 2.05) is 66.7 Å². The van der Waals surface area contributed by atoms with Crippen LogP contribution in [0.5, 0.6) is 0 Å². The lowest BCUT2D eigenvalue weighted by Gasteiger charge is -2.10. The Kier molecular flexibility index (Phi) is 4.29. The lowest BCUT2D eigenvalue weighted by Crippen LogP contribution is -2.10. The average Bonchev–Trinajstić information content (AvgIpc) is 2.93. The Morgan fingerprint density at radius 1 is 1.00 bits per heavy atom. The van der Waals surface area contributed by atoms with Crippen LogP contribution in [-0.4, -0.2) is 20.2 Å². The molecule has 0 bridgehead atoms. The second kappa shape index (κ2) is 6.53. The van der Waals surface area contributed by atoms with Crippen molar-refractivity contribution >= 4 is 17.8 Å². The van der Waals surface area contributed by atoms with Crippen molar-refractivity contribution in [2.75, 3.05) is 14.2 Å². The lowest BCUT2D eigenvalue weighted by atomic mass is 9.94. The highest BCUT2D eigenvalue weighted by Crippen LogP contribution is 2.43. The van der Waals surface area contributed by atoms with Crippen LogP contribution < -0.4 is 0 Å². The van der Waals surface area contributed by atoms with E-state index in [0.717, 1.165) is 16.7 Å². The van der Waals surface area contributed by atoms with Crippen molar-refractivity contribution in [3.8, 4) is 0 Å². The molecule has 0 heterocycles. The van der Waals surface area contributed by atoms with Gasteiger partial charge in [-0.25, -0.2) is 4.79 Å². The predicted molar refractivity (Wildman–Crippen MR) is 90.6 cm³/mol. The summed E-state index contributed by atoms with van der Waals surface area (Å²) in [5.41, 5.74) is 3.62. The first-order chi connectivity index (χ1) is 11.3. The first kappa shape index (κ1) is 15.1. The molecule has 3 heteroatoms. The maximum Gasteiger partial charge on any atom is 0.338 e. The van der Waals surface area contributed by atoms with Gasteiger partial charge in [0.05, 0.1) is 19.8 Å². The molecule has 0 spiro atoms. The van der Waals surface area contributed by atoms with Gasteiger partial charge in [0.25, 0.3) is 0 Å². The molecule has 0 aliphatic heterocycles. The van der Waals surface area contributed by atoms with E-state index in [1.165, 1.54) is 7.11 Å². The number of methoxy groups -OCH3 is 2. The average molecular weight is 306 g/mol. The molecule has 1 aliphatic carbocycles. The van der Waals surface area contributed by atoms with Gasteiger partial charge in [0.15, 0.2) is 0 Å². The second-order valence-corrected chi connectivity index (χ2v) is 5.27. The molecule has 1 unspecified atom stereocenters. The van der Waals surface area contributed by atoms with Crippen LogP contribution >= 0.6 is 0 Å². The fraction of sp³-hybridized carbons (Fsp3) is 0.150. The quantitative estimate of drug-likeness (QED) is 0.800. The number of ether oxygens (including phenoxy) is 2. The third kappa shape index (κ3) is 2.78. The van der Waals surface area contributed by atoms with Gasteiger partial charge in [-0.05, 0) is 11.1 Å². The van der Waals surface area contributed by atoms with Crippen LogP contribution in [0.4, 0.5) is 0 Å². The zero-order valence-corrected chi connectivity index (χ0v) is 13.2. The number of carbonyl (C=O) groups is 1. The van der Waals surface area contributed by atoms with Gasteiger partial charge in [0, 0.05) is 11.5 Å². The Labute approximate surface area is 135 Å². The van der Waals surface area contributed by atoms with Crippen molar-refractivity contribution in [3.05, 3.63) is 82.9 Å². The molecule has 23 heavy (non-hydrogen) atoms. The van der Waals surface area contributed by atoms with Crippen LogP contribution in [0.2, 0.25) is 0 Å². The lowest BCUT2D eigenvalue weighted by molar-refractivity contribution is -0.136. The first-order valence-corrected chi connectivity index (χ1v) is 7.45. The number of carbonyl (C=O) groups excluding carboxylic acids is 1. The predicted octanol–water partition coefficient (Wildman–Crippen LogP) is 4.03. The van der Waals surface area contributed by atoms with Gasteiger partial charge in [-0.3, -0.25) is 0 Å². The summed E-state index contributed by atoms with van der Waals surface area (Å²) in [5, 5.41) is 0. The molecule has 0 amide bonds. The van der Waals surface area contributed by atoms with E-state index in [1.54, 1.807) is 7.11 Å². The van der Waals surface area contributed by atoms with E-state index in [-0.39, 0.29) is 11.9 Å². The largest absolute Gasteiger partial charge is 0.496 e. The molecule has 1 aliphatic rings. The van der Waals surface area contributed by atoms with Gasteiger partial charge in [0.2, 0.25) is 0 Å². The third-order valence-corrected chi connectivity index (χ3v) is 3.99. The Hall–Kier alpha value is -2.81. The summed E-state index contributed by atoms with van der Waals surface area (Å²) in [7, 11) is 2.97. The number of hydrogen-bond donors (Lipinski definition) is 0. The van der Waals surface area contributed by atoms with Crippen LogP contribution in [0.3, 0.4) is 0 Å². The molecular weight excluding hydrogens is 288 g/mol. The summed E-state index contributed by atoms with van der Waals surface area (Å²) in [4.78, 5) is 12.3. The van der Waals surface area contributed by atoms with Crippen LogP contribution in [0, 0.1) is 0 Å². The van der Waals surface area contributed by atoms with E-state index < -0.39 is 0 Å². The maximum atomic E-state index is 12.3. The molecule has 0 saturated heterocycles. The van der Waals surface area contributed by atoms with Crippen LogP contribution in [0.25, 0.3) is 11.8 Å². The number of fused-ring (bicyclic) bond motifs is 1. The van der Waals surface area contributed by atoms with Crippen LogP contribution in [-0.2, 0) is 14.3 Å². The molecule has 3 rings (SSSR count). The first-order valence-electron chi connectivity index (χ1n) is 7.45. The minimum Gasteiger partial charge on any atom is -0.496 e. The summed E-state index contributed by atoms with van der Waals surface area (Å²) in [6.07, 6.45) is 4.04. The smallest absolute Gasteiger partial charge is 0.338 e. The van der Waals surface area contributed by atoms with Crippen molar-refractivity contribution in [2.45, 2.75) is 5.92 Å². The number of rotatable bonds is 4. The molecule has 0 saturated carbocycles. The molecule has 0 aromatic heterocycles. The highest BCUT2D eigenvalue weighted by Gasteiger charge is 2.35. The summed E-state index contributed by atoms with van der Waals surface area (Å²) in [5.74, 6) is 0.0599. The highest BCUT2D eigenvalue weighted by atomic mass is 16.5.